The summed E-state index contributed by atoms with van der Waals surface area (Å²) in [6, 6.07) is 5.65. The minimum absolute atomic E-state index is 0.0941. The lowest BCUT2D eigenvalue weighted by atomic mass is 10.1. The predicted octanol–water partition coefficient (Wildman–Crippen LogP) is 3.28. The van der Waals surface area contributed by atoms with E-state index in [0.29, 0.717) is 5.75 Å². The van der Waals surface area contributed by atoms with Crippen LogP contribution < -0.4 is 0 Å². The Hall–Kier alpha value is -0.910. The van der Waals surface area contributed by atoms with Crippen LogP contribution in [0, 0.1) is 18.8 Å². The Morgan fingerprint density at radius 1 is 1.53 bits per heavy atom. The fourth-order valence-corrected chi connectivity index (χ4v) is 1.46. The van der Waals surface area contributed by atoms with Crippen LogP contribution in [-0.2, 0) is 4.79 Å². The van der Waals surface area contributed by atoms with Gasteiger partial charge in [0, 0.05) is 17.5 Å². The van der Waals surface area contributed by atoms with E-state index in [0.717, 1.165) is 16.1 Å². The maximum Gasteiger partial charge on any atom is 0.186 e. The van der Waals surface area contributed by atoms with Crippen molar-refractivity contribution in [3.8, 4) is 11.8 Å². The Morgan fingerprint density at radius 2 is 2.27 bits per heavy atom. The van der Waals surface area contributed by atoms with Crippen molar-refractivity contribution in [2.45, 2.75) is 13.8 Å². The van der Waals surface area contributed by atoms with Crippen LogP contribution in [0.3, 0.4) is 0 Å². The molecule has 0 spiro atoms. The third-order valence-electron chi connectivity index (χ3n) is 1.74. The monoisotopic (exact) mass is 238 g/mol. The Morgan fingerprint density at radius 3 is 2.87 bits per heavy atom. The van der Waals surface area contributed by atoms with E-state index in [-0.39, 0.29) is 5.12 Å². The average Bonchev–Trinajstić information content (AvgIpc) is 2.18. The van der Waals surface area contributed by atoms with Crippen LogP contribution in [0.25, 0.3) is 0 Å². The van der Waals surface area contributed by atoms with Gasteiger partial charge in [-0.05, 0) is 30.7 Å². The number of hydrogen-bond acceptors (Lipinski definition) is 2. The van der Waals surface area contributed by atoms with Gasteiger partial charge in [0.2, 0.25) is 0 Å². The summed E-state index contributed by atoms with van der Waals surface area (Å²) in [5.41, 5.74) is 1.95. The van der Waals surface area contributed by atoms with E-state index in [1.54, 1.807) is 6.92 Å². The number of rotatable bonds is 1. The number of hydrogen-bond donors (Lipinski definition) is 0. The van der Waals surface area contributed by atoms with E-state index < -0.39 is 0 Å². The van der Waals surface area contributed by atoms with Gasteiger partial charge in [-0.15, -0.1) is 0 Å². The van der Waals surface area contributed by atoms with Crippen LogP contribution in [0.2, 0.25) is 5.02 Å². The van der Waals surface area contributed by atoms with Gasteiger partial charge in [0.15, 0.2) is 5.12 Å². The van der Waals surface area contributed by atoms with Gasteiger partial charge in [0.1, 0.15) is 0 Å². The second kappa shape index (κ2) is 5.85. The van der Waals surface area contributed by atoms with E-state index in [1.165, 1.54) is 11.8 Å². The van der Waals surface area contributed by atoms with Crippen LogP contribution in [0.15, 0.2) is 18.2 Å². The largest absolute Gasteiger partial charge is 0.288 e. The second-order valence-corrected chi connectivity index (χ2v) is 4.61. The molecule has 0 aliphatic carbocycles. The van der Waals surface area contributed by atoms with Crippen molar-refractivity contribution < 1.29 is 4.79 Å². The quantitative estimate of drug-likeness (QED) is 0.699. The highest BCUT2D eigenvalue weighted by Gasteiger charge is 1.94. The van der Waals surface area contributed by atoms with Crippen molar-refractivity contribution in [2.24, 2.45) is 0 Å². The highest BCUT2D eigenvalue weighted by atomic mass is 35.5. The lowest BCUT2D eigenvalue weighted by Gasteiger charge is -1.96. The van der Waals surface area contributed by atoms with Gasteiger partial charge in [-0.25, -0.2) is 0 Å². The lowest BCUT2D eigenvalue weighted by Crippen LogP contribution is -1.83. The number of thioether (sulfide) groups is 1. The van der Waals surface area contributed by atoms with E-state index in [2.05, 4.69) is 11.8 Å². The van der Waals surface area contributed by atoms with Gasteiger partial charge >= 0.3 is 0 Å². The highest BCUT2D eigenvalue weighted by Crippen LogP contribution is 2.15. The van der Waals surface area contributed by atoms with Crippen molar-refractivity contribution in [3.05, 3.63) is 34.3 Å². The van der Waals surface area contributed by atoms with E-state index in [1.807, 2.05) is 25.1 Å². The summed E-state index contributed by atoms with van der Waals surface area (Å²) >= 11 is 7.11. The van der Waals surface area contributed by atoms with Gasteiger partial charge in [-0.2, -0.15) is 0 Å². The molecule has 0 saturated heterocycles. The molecule has 1 aromatic rings. The summed E-state index contributed by atoms with van der Waals surface area (Å²) in [6.07, 6.45) is 0. The topological polar surface area (TPSA) is 17.1 Å². The maximum atomic E-state index is 10.6. The molecule has 0 aliphatic rings. The van der Waals surface area contributed by atoms with Gasteiger partial charge in [-0.1, -0.05) is 35.2 Å². The molecule has 0 saturated carbocycles. The summed E-state index contributed by atoms with van der Waals surface area (Å²) in [5.74, 6) is 6.45. The van der Waals surface area contributed by atoms with Gasteiger partial charge < -0.3 is 0 Å². The summed E-state index contributed by atoms with van der Waals surface area (Å²) in [5, 5.41) is 0.843. The minimum Gasteiger partial charge on any atom is -0.288 e. The molecule has 0 aliphatic heterocycles. The second-order valence-electron chi connectivity index (χ2n) is 3.05. The summed E-state index contributed by atoms with van der Waals surface area (Å²) in [7, 11) is 0. The van der Waals surface area contributed by atoms with Gasteiger partial charge in [0.05, 0.1) is 5.75 Å². The molecule has 0 atom stereocenters. The molecule has 3 heteroatoms. The van der Waals surface area contributed by atoms with Crippen molar-refractivity contribution in [3.63, 3.8) is 0 Å². The summed E-state index contributed by atoms with van der Waals surface area (Å²) < 4.78 is 0. The summed E-state index contributed by atoms with van der Waals surface area (Å²) in [4.78, 5) is 10.6. The first-order valence-electron chi connectivity index (χ1n) is 4.48. The summed E-state index contributed by atoms with van der Waals surface area (Å²) in [6.45, 7) is 3.48. The minimum atomic E-state index is 0.0941. The zero-order valence-electron chi connectivity index (χ0n) is 8.63. The fraction of sp³-hybridized carbons (Fsp3) is 0.250. The van der Waals surface area contributed by atoms with E-state index in [4.69, 9.17) is 11.6 Å². The number of aryl methyl sites for hydroxylation is 1. The highest BCUT2D eigenvalue weighted by molar-refractivity contribution is 8.13. The molecule has 0 unspecified atom stereocenters. The van der Waals surface area contributed by atoms with Crippen LogP contribution in [0.1, 0.15) is 18.1 Å². The molecule has 78 valence electrons. The smallest absolute Gasteiger partial charge is 0.186 e. The van der Waals surface area contributed by atoms with Crippen LogP contribution in [-0.4, -0.2) is 10.9 Å². The molecule has 1 nitrogen and oxygen atoms in total. The molecule has 0 heterocycles. The molecule has 1 rings (SSSR count). The number of carbonyl (C=O) groups is 1. The van der Waals surface area contributed by atoms with Crippen LogP contribution in [0.5, 0.6) is 0 Å². The van der Waals surface area contributed by atoms with Crippen LogP contribution in [0.4, 0.5) is 0 Å². The fourth-order valence-electron chi connectivity index (χ4n) is 0.998. The average molecular weight is 239 g/mol. The first kappa shape index (κ1) is 12.2. The van der Waals surface area contributed by atoms with E-state index in [9.17, 15) is 4.79 Å². The first-order chi connectivity index (χ1) is 7.09. The normalized spacial score (nSPS) is 9.27. The van der Waals surface area contributed by atoms with Crippen molar-refractivity contribution in [2.75, 3.05) is 5.75 Å². The third-order valence-corrected chi connectivity index (χ3v) is 2.86. The molecular weight excluding hydrogens is 228 g/mol. The van der Waals surface area contributed by atoms with Gasteiger partial charge in [-0.3, -0.25) is 4.79 Å². The van der Waals surface area contributed by atoms with Crippen molar-refractivity contribution in [1.82, 2.24) is 0 Å². The standard InChI is InChI=1S/C12H11ClOS/c1-9-8-11(5-6-12(9)13)4-3-7-15-10(2)14/h5-6,8H,7H2,1-2H3. The Kier molecular flexibility index (Phi) is 4.74. The Labute approximate surface area is 99.2 Å². The predicted molar refractivity (Wildman–Crippen MR) is 66.2 cm³/mol. The van der Waals surface area contributed by atoms with E-state index >= 15 is 0 Å². The zero-order chi connectivity index (χ0) is 11.3. The maximum absolute atomic E-state index is 10.6. The SMILES string of the molecule is CC(=O)SCC#Cc1ccc(Cl)c(C)c1. The molecule has 15 heavy (non-hydrogen) atoms. The van der Waals surface area contributed by atoms with Crippen LogP contribution >= 0.6 is 23.4 Å². The molecule has 1 aromatic carbocycles. The molecule has 0 aromatic heterocycles. The number of carbonyl (C=O) groups excluding carboxylic acids is 1. The molecular formula is C12H11ClOS. The number of benzene rings is 1. The zero-order valence-corrected chi connectivity index (χ0v) is 10.2. The van der Waals surface area contributed by atoms with Crippen molar-refractivity contribution in [1.29, 1.82) is 0 Å². The molecule has 0 N–H and O–H groups in total. The first-order valence-corrected chi connectivity index (χ1v) is 5.84. The molecule has 0 radical (unpaired) electrons. The van der Waals surface area contributed by atoms with Gasteiger partial charge in [0.25, 0.3) is 0 Å². The lowest BCUT2D eigenvalue weighted by molar-refractivity contribution is -0.109. The van der Waals surface area contributed by atoms with Crippen molar-refractivity contribution >= 4 is 28.5 Å². The Bertz CT molecular complexity index is 429. The molecule has 0 fully saturated rings. The molecule has 0 amide bonds. The third kappa shape index (κ3) is 4.42. The Balaban J connectivity index is 2.64. The molecule has 0 bridgehead atoms. The number of halogens is 1.